The van der Waals surface area contributed by atoms with Crippen LogP contribution in [0.5, 0.6) is 0 Å². The lowest BCUT2D eigenvalue weighted by Crippen LogP contribution is -2.24. The largest absolute Gasteiger partial charge is 0.311 e. The molecule has 2 N–H and O–H groups in total. The van der Waals surface area contributed by atoms with Crippen LogP contribution in [0.1, 0.15) is 31.0 Å². The van der Waals surface area contributed by atoms with Gasteiger partial charge in [0.1, 0.15) is 0 Å². The zero-order valence-corrected chi connectivity index (χ0v) is 11.1. The van der Waals surface area contributed by atoms with Crippen molar-refractivity contribution in [2.24, 2.45) is 5.92 Å². The number of H-pyrrole nitrogens is 1. The molecule has 0 saturated heterocycles. The number of rotatable bonds is 6. The Morgan fingerprint density at radius 1 is 1.17 bits per heavy atom. The van der Waals surface area contributed by atoms with Crippen LogP contribution < -0.4 is 5.32 Å². The van der Waals surface area contributed by atoms with Gasteiger partial charge in [-0.25, -0.2) is 0 Å². The summed E-state index contributed by atoms with van der Waals surface area (Å²) in [6, 6.07) is 12.7. The quantitative estimate of drug-likeness (QED) is 0.819. The Bertz CT molecular complexity index is 434. The minimum Gasteiger partial charge on any atom is -0.311 e. The summed E-state index contributed by atoms with van der Waals surface area (Å²) in [5, 5.41) is 10.4. The van der Waals surface area contributed by atoms with E-state index in [0.717, 1.165) is 18.8 Å². The summed E-state index contributed by atoms with van der Waals surface area (Å²) in [4.78, 5) is 0. The van der Waals surface area contributed by atoms with E-state index in [1.807, 2.05) is 6.07 Å². The number of nitrogens with one attached hydrogen (secondary N) is 2. The molecule has 2 rings (SSSR count). The number of benzene rings is 1. The molecule has 0 spiro atoms. The lowest BCUT2D eigenvalue weighted by molar-refractivity contribution is 0.460. The van der Waals surface area contributed by atoms with E-state index >= 15 is 0 Å². The van der Waals surface area contributed by atoms with Gasteiger partial charge in [-0.15, -0.1) is 0 Å². The highest BCUT2D eigenvalue weighted by molar-refractivity contribution is 5.20. The molecule has 1 heterocycles. The molecule has 0 saturated carbocycles. The summed E-state index contributed by atoms with van der Waals surface area (Å²) in [7, 11) is 0. The fraction of sp³-hybridized carbons (Fsp3) is 0.400. The molecule has 3 nitrogen and oxygen atoms in total. The molecule has 3 heteroatoms. The van der Waals surface area contributed by atoms with Crippen molar-refractivity contribution >= 4 is 0 Å². The van der Waals surface area contributed by atoms with Crippen molar-refractivity contribution in [3.8, 4) is 0 Å². The number of aromatic amines is 1. The molecule has 1 aromatic heterocycles. The van der Waals surface area contributed by atoms with Gasteiger partial charge in [0.05, 0.1) is 0 Å². The molecule has 2 aromatic rings. The summed E-state index contributed by atoms with van der Waals surface area (Å²) in [5.74, 6) is 1.18. The summed E-state index contributed by atoms with van der Waals surface area (Å²) in [6.07, 6.45) is 1.79. The van der Waals surface area contributed by atoms with Gasteiger partial charge < -0.3 is 5.32 Å². The SMILES string of the molecule is CC(C)C(CNCc1ccn[nH]1)c1ccccc1. The molecule has 0 amide bonds. The van der Waals surface area contributed by atoms with Gasteiger partial charge >= 0.3 is 0 Å². The average molecular weight is 243 g/mol. The molecule has 1 unspecified atom stereocenters. The van der Waals surface area contributed by atoms with Gasteiger partial charge in [-0.05, 0) is 23.5 Å². The lowest BCUT2D eigenvalue weighted by Gasteiger charge is -2.21. The Labute approximate surface area is 109 Å². The van der Waals surface area contributed by atoms with Crippen LogP contribution in [0.2, 0.25) is 0 Å². The van der Waals surface area contributed by atoms with Crippen LogP contribution in [0.25, 0.3) is 0 Å². The van der Waals surface area contributed by atoms with Crippen molar-refractivity contribution < 1.29 is 0 Å². The maximum absolute atomic E-state index is 3.95. The Kier molecular flexibility index (Phi) is 4.53. The third-order valence-corrected chi connectivity index (χ3v) is 3.27. The van der Waals surface area contributed by atoms with E-state index in [9.17, 15) is 0 Å². The predicted octanol–water partition coefficient (Wildman–Crippen LogP) is 2.94. The van der Waals surface area contributed by atoms with E-state index in [-0.39, 0.29) is 0 Å². The average Bonchev–Trinajstić information content (AvgIpc) is 2.88. The first-order chi connectivity index (χ1) is 8.77. The normalized spacial score (nSPS) is 12.8. The van der Waals surface area contributed by atoms with E-state index in [2.05, 4.69) is 59.7 Å². The molecule has 18 heavy (non-hydrogen) atoms. The van der Waals surface area contributed by atoms with E-state index in [1.54, 1.807) is 6.20 Å². The van der Waals surface area contributed by atoms with Crippen LogP contribution in [0, 0.1) is 5.92 Å². The first-order valence-corrected chi connectivity index (χ1v) is 6.51. The van der Waals surface area contributed by atoms with E-state index < -0.39 is 0 Å². The van der Waals surface area contributed by atoms with Crippen LogP contribution in [-0.2, 0) is 6.54 Å². The van der Waals surface area contributed by atoms with Gasteiger partial charge in [0, 0.05) is 25.0 Å². The van der Waals surface area contributed by atoms with Gasteiger partial charge in [0.15, 0.2) is 0 Å². The van der Waals surface area contributed by atoms with Crippen LogP contribution >= 0.6 is 0 Å². The molecule has 96 valence electrons. The molecule has 0 radical (unpaired) electrons. The Hall–Kier alpha value is -1.61. The summed E-state index contributed by atoms with van der Waals surface area (Å²) < 4.78 is 0. The molecular weight excluding hydrogens is 222 g/mol. The van der Waals surface area contributed by atoms with Crippen molar-refractivity contribution in [1.82, 2.24) is 15.5 Å². The number of aromatic nitrogens is 2. The molecule has 0 aliphatic heterocycles. The zero-order valence-electron chi connectivity index (χ0n) is 11.1. The lowest BCUT2D eigenvalue weighted by atomic mass is 9.88. The van der Waals surface area contributed by atoms with E-state index in [1.165, 1.54) is 5.56 Å². The maximum atomic E-state index is 3.95. The summed E-state index contributed by atoms with van der Waals surface area (Å²) in [6.45, 7) is 6.38. The van der Waals surface area contributed by atoms with Crippen LogP contribution in [-0.4, -0.2) is 16.7 Å². The van der Waals surface area contributed by atoms with E-state index in [0.29, 0.717) is 11.8 Å². The Balaban J connectivity index is 1.91. The van der Waals surface area contributed by atoms with Crippen molar-refractivity contribution in [3.05, 3.63) is 53.9 Å². The van der Waals surface area contributed by atoms with E-state index in [4.69, 9.17) is 0 Å². The first kappa shape index (κ1) is 12.8. The molecule has 0 aliphatic rings. The van der Waals surface area contributed by atoms with Gasteiger partial charge in [-0.1, -0.05) is 44.2 Å². The highest BCUT2D eigenvalue weighted by Crippen LogP contribution is 2.23. The second-order valence-electron chi connectivity index (χ2n) is 4.97. The molecule has 0 bridgehead atoms. The molecular formula is C15H21N3. The third kappa shape index (κ3) is 3.44. The zero-order chi connectivity index (χ0) is 12.8. The number of nitrogens with zero attached hydrogens (tertiary/aromatic N) is 1. The molecule has 0 aliphatic carbocycles. The summed E-state index contributed by atoms with van der Waals surface area (Å²) >= 11 is 0. The Morgan fingerprint density at radius 3 is 2.56 bits per heavy atom. The molecule has 0 fully saturated rings. The molecule has 1 atom stereocenters. The Morgan fingerprint density at radius 2 is 1.94 bits per heavy atom. The second-order valence-corrected chi connectivity index (χ2v) is 4.97. The smallest absolute Gasteiger partial charge is 0.0490 e. The number of hydrogen-bond donors (Lipinski definition) is 2. The predicted molar refractivity (Wildman–Crippen MR) is 74.3 cm³/mol. The maximum Gasteiger partial charge on any atom is 0.0490 e. The monoisotopic (exact) mass is 243 g/mol. The fourth-order valence-corrected chi connectivity index (χ4v) is 2.18. The number of hydrogen-bond acceptors (Lipinski definition) is 2. The van der Waals surface area contributed by atoms with Gasteiger partial charge in [0.2, 0.25) is 0 Å². The van der Waals surface area contributed by atoms with Crippen LogP contribution in [0.15, 0.2) is 42.6 Å². The van der Waals surface area contributed by atoms with Crippen molar-refractivity contribution in [1.29, 1.82) is 0 Å². The van der Waals surface area contributed by atoms with Gasteiger partial charge in [0.25, 0.3) is 0 Å². The fourth-order valence-electron chi connectivity index (χ4n) is 2.18. The highest BCUT2D eigenvalue weighted by Gasteiger charge is 2.14. The van der Waals surface area contributed by atoms with Gasteiger partial charge in [-0.2, -0.15) is 5.10 Å². The van der Waals surface area contributed by atoms with Crippen molar-refractivity contribution in [2.45, 2.75) is 26.3 Å². The van der Waals surface area contributed by atoms with Crippen LogP contribution in [0.4, 0.5) is 0 Å². The standard InChI is InChI=1S/C15H21N3/c1-12(2)15(13-6-4-3-5-7-13)11-16-10-14-8-9-17-18-14/h3-9,12,15-16H,10-11H2,1-2H3,(H,17,18). The topological polar surface area (TPSA) is 40.7 Å². The minimum atomic E-state index is 0.550. The third-order valence-electron chi connectivity index (χ3n) is 3.27. The highest BCUT2D eigenvalue weighted by atomic mass is 15.1. The summed E-state index contributed by atoms with van der Waals surface area (Å²) in [5.41, 5.74) is 2.54. The second kappa shape index (κ2) is 6.36. The van der Waals surface area contributed by atoms with Crippen LogP contribution in [0.3, 0.4) is 0 Å². The minimum absolute atomic E-state index is 0.550. The molecule has 1 aromatic carbocycles. The van der Waals surface area contributed by atoms with Gasteiger partial charge in [-0.3, -0.25) is 5.10 Å². The van der Waals surface area contributed by atoms with Crippen molar-refractivity contribution in [3.63, 3.8) is 0 Å². The van der Waals surface area contributed by atoms with Crippen molar-refractivity contribution in [2.75, 3.05) is 6.54 Å². The first-order valence-electron chi connectivity index (χ1n) is 6.51.